The van der Waals surface area contributed by atoms with Gasteiger partial charge in [0.05, 0.1) is 4.90 Å². The van der Waals surface area contributed by atoms with Gasteiger partial charge in [0.15, 0.2) is 0 Å². The second kappa shape index (κ2) is 5.50. The van der Waals surface area contributed by atoms with Gasteiger partial charge in [-0.15, -0.1) is 0 Å². The van der Waals surface area contributed by atoms with Crippen LogP contribution in [0.4, 0.5) is 5.69 Å². The van der Waals surface area contributed by atoms with Crippen molar-refractivity contribution in [3.63, 3.8) is 0 Å². The summed E-state index contributed by atoms with van der Waals surface area (Å²) in [6.07, 6.45) is 3.41. The van der Waals surface area contributed by atoms with E-state index in [1.165, 1.54) is 29.7 Å². The van der Waals surface area contributed by atoms with Crippen molar-refractivity contribution in [1.82, 2.24) is 4.72 Å². The van der Waals surface area contributed by atoms with Crippen LogP contribution in [0.3, 0.4) is 0 Å². The molecule has 110 valence electrons. The van der Waals surface area contributed by atoms with Crippen molar-refractivity contribution in [2.24, 2.45) is 0 Å². The number of hydrogen-bond acceptors (Lipinski definition) is 3. The van der Waals surface area contributed by atoms with Gasteiger partial charge in [0.25, 0.3) is 0 Å². The molecule has 0 aromatic heterocycles. The van der Waals surface area contributed by atoms with Crippen molar-refractivity contribution in [3.8, 4) is 0 Å². The van der Waals surface area contributed by atoms with Crippen LogP contribution in [0.1, 0.15) is 23.1 Å². The molecule has 5 heteroatoms. The maximum absolute atomic E-state index is 12.2. The van der Waals surface area contributed by atoms with Crippen molar-refractivity contribution in [3.05, 3.63) is 59.2 Å². The van der Waals surface area contributed by atoms with Gasteiger partial charge >= 0.3 is 0 Å². The minimum atomic E-state index is -3.49. The Morgan fingerprint density at radius 1 is 1.00 bits per heavy atom. The van der Waals surface area contributed by atoms with Crippen LogP contribution in [0.25, 0.3) is 0 Å². The molecule has 1 aliphatic carbocycles. The number of nitrogens with two attached hydrogens (primary N) is 1. The number of hydrogen-bond donors (Lipinski definition) is 2. The number of sulfonamides is 1. The average Bonchev–Trinajstić information content (AvgIpc) is 2.93. The maximum atomic E-state index is 12.2. The highest BCUT2D eigenvalue weighted by Gasteiger charge is 2.15. The SMILES string of the molecule is Nc1ccc(S(=O)(=O)NCc2ccc3c(c2)CCC3)cc1. The van der Waals surface area contributed by atoms with Crippen LogP contribution in [-0.2, 0) is 29.4 Å². The third-order valence-electron chi connectivity index (χ3n) is 3.82. The molecule has 3 rings (SSSR count). The maximum Gasteiger partial charge on any atom is 0.240 e. The number of rotatable bonds is 4. The molecule has 0 unspecified atom stereocenters. The van der Waals surface area contributed by atoms with Gasteiger partial charge in [0.2, 0.25) is 10.0 Å². The normalized spacial score (nSPS) is 14.1. The lowest BCUT2D eigenvalue weighted by Crippen LogP contribution is -2.23. The van der Waals surface area contributed by atoms with Crippen molar-refractivity contribution in [2.75, 3.05) is 5.73 Å². The van der Waals surface area contributed by atoms with Crippen LogP contribution in [-0.4, -0.2) is 8.42 Å². The molecule has 0 fully saturated rings. The summed E-state index contributed by atoms with van der Waals surface area (Å²) in [6.45, 7) is 0.306. The van der Waals surface area contributed by atoms with E-state index < -0.39 is 10.0 Å². The Bertz CT molecular complexity index is 752. The van der Waals surface area contributed by atoms with E-state index in [0.717, 1.165) is 18.4 Å². The first-order valence-corrected chi connectivity index (χ1v) is 8.49. The van der Waals surface area contributed by atoms with E-state index in [1.807, 2.05) is 6.07 Å². The summed E-state index contributed by atoms with van der Waals surface area (Å²) in [5.41, 5.74) is 9.85. The minimum absolute atomic E-state index is 0.234. The summed E-state index contributed by atoms with van der Waals surface area (Å²) >= 11 is 0. The van der Waals surface area contributed by atoms with Gasteiger partial charge in [-0.2, -0.15) is 0 Å². The fourth-order valence-electron chi connectivity index (χ4n) is 2.64. The molecule has 0 atom stereocenters. The third-order valence-corrected chi connectivity index (χ3v) is 5.24. The fourth-order valence-corrected chi connectivity index (χ4v) is 3.66. The van der Waals surface area contributed by atoms with Crippen LogP contribution in [0.5, 0.6) is 0 Å². The molecule has 0 saturated heterocycles. The van der Waals surface area contributed by atoms with Crippen molar-refractivity contribution in [1.29, 1.82) is 0 Å². The molecule has 0 aliphatic heterocycles. The van der Waals surface area contributed by atoms with Gasteiger partial charge in [0.1, 0.15) is 0 Å². The van der Waals surface area contributed by atoms with Crippen LogP contribution < -0.4 is 10.5 Å². The average molecular weight is 302 g/mol. The standard InChI is InChI=1S/C16H18N2O2S/c17-15-6-8-16(9-7-15)21(19,20)18-11-12-4-5-13-2-1-3-14(13)10-12/h4-10,18H,1-3,11,17H2. The third kappa shape index (κ3) is 3.09. The lowest BCUT2D eigenvalue weighted by molar-refractivity contribution is 0.581. The number of nitrogens with one attached hydrogen (secondary N) is 1. The summed E-state index contributed by atoms with van der Waals surface area (Å²) in [4.78, 5) is 0.234. The molecule has 0 saturated carbocycles. The van der Waals surface area contributed by atoms with E-state index in [1.54, 1.807) is 12.1 Å². The number of fused-ring (bicyclic) bond motifs is 1. The van der Waals surface area contributed by atoms with Crippen molar-refractivity contribution < 1.29 is 8.42 Å². The molecular weight excluding hydrogens is 284 g/mol. The van der Waals surface area contributed by atoms with E-state index >= 15 is 0 Å². The predicted octanol–water partition coefficient (Wildman–Crippen LogP) is 2.24. The Morgan fingerprint density at radius 3 is 2.48 bits per heavy atom. The predicted molar refractivity (Wildman–Crippen MR) is 83.3 cm³/mol. The van der Waals surface area contributed by atoms with E-state index in [4.69, 9.17) is 5.73 Å². The Morgan fingerprint density at radius 2 is 1.71 bits per heavy atom. The molecule has 21 heavy (non-hydrogen) atoms. The quantitative estimate of drug-likeness (QED) is 0.851. The Balaban J connectivity index is 1.73. The van der Waals surface area contributed by atoms with E-state index in [0.29, 0.717) is 12.2 Å². The first kappa shape index (κ1) is 14.1. The van der Waals surface area contributed by atoms with Gasteiger partial charge in [0, 0.05) is 12.2 Å². The molecule has 0 bridgehead atoms. The van der Waals surface area contributed by atoms with Gasteiger partial charge in [-0.25, -0.2) is 13.1 Å². The van der Waals surface area contributed by atoms with Crippen LogP contribution in [0, 0.1) is 0 Å². The Labute approximate surface area is 125 Å². The molecule has 3 N–H and O–H groups in total. The van der Waals surface area contributed by atoms with E-state index in [2.05, 4.69) is 16.9 Å². The highest BCUT2D eigenvalue weighted by molar-refractivity contribution is 7.89. The molecule has 2 aromatic rings. The summed E-state index contributed by atoms with van der Waals surface area (Å²) in [6, 6.07) is 12.4. The van der Waals surface area contributed by atoms with Gasteiger partial charge in [-0.1, -0.05) is 18.2 Å². The molecule has 0 radical (unpaired) electrons. The van der Waals surface area contributed by atoms with Crippen LogP contribution >= 0.6 is 0 Å². The highest BCUT2D eigenvalue weighted by Crippen LogP contribution is 2.23. The molecule has 4 nitrogen and oxygen atoms in total. The van der Waals surface area contributed by atoms with Gasteiger partial charge in [-0.05, 0) is 60.2 Å². The van der Waals surface area contributed by atoms with E-state index in [9.17, 15) is 8.42 Å². The second-order valence-corrected chi connectivity index (χ2v) is 7.12. The van der Waals surface area contributed by atoms with Crippen molar-refractivity contribution in [2.45, 2.75) is 30.7 Å². The monoisotopic (exact) mass is 302 g/mol. The summed E-state index contributed by atoms with van der Waals surface area (Å²) in [5, 5.41) is 0. The molecule has 0 heterocycles. The highest BCUT2D eigenvalue weighted by atomic mass is 32.2. The molecule has 1 aliphatic rings. The summed E-state index contributed by atoms with van der Waals surface area (Å²) < 4.78 is 27.0. The Hall–Kier alpha value is -1.85. The summed E-state index contributed by atoms with van der Waals surface area (Å²) in [5.74, 6) is 0. The smallest absolute Gasteiger partial charge is 0.240 e. The van der Waals surface area contributed by atoms with E-state index in [-0.39, 0.29) is 4.90 Å². The minimum Gasteiger partial charge on any atom is -0.399 e. The Kier molecular flexibility index (Phi) is 3.69. The summed E-state index contributed by atoms with van der Waals surface area (Å²) in [7, 11) is -3.49. The fraction of sp³-hybridized carbons (Fsp3) is 0.250. The molecular formula is C16H18N2O2S. The number of benzene rings is 2. The van der Waals surface area contributed by atoms with Crippen LogP contribution in [0.15, 0.2) is 47.4 Å². The lowest BCUT2D eigenvalue weighted by Gasteiger charge is -2.08. The zero-order valence-electron chi connectivity index (χ0n) is 11.7. The van der Waals surface area contributed by atoms with Crippen molar-refractivity contribution >= 4 is 15.7 Å². The topological polar surface area (TPSA) is 72.2 Å². The molecule has 0 amide bonds. The molecule has 0 spiro atoms. The zero-order chi connectivity index (χ0) is 14.9. The van der Waals surface area contributed by atoms with Gasteiger partial charge < -0.3 is 5.73 Å². The second-order valence-electron chi connectivity index (χ2n) is 5.35. The number of aryl methyl sites for hydroxylation is 2. The zero-order valence-corrected chi connectivity index (χ0v) is 12.5. The molecule has 2 aromatic carbocycles. The van der Waals surface area contributed by atoms with Gasteiger partial charge in [-0.3, -0.25) is 0 Å². The first-order chi connectivity index (χ1) is 10.0. The first-order valence-electron chi connectivity index (χ1n) is 7.00. The number of anilines is 1. The lowest BCUT2D eigenvalue weighted by atomic mass is 10.1. The number of nitrogen functional groups attached to an aromatic ring is 1. The largest absolute Gasteiger partial charge is 0.399 e. The van der Waals surface area contributed by atoms with Crippen LogP contribution in [0.2, 0.25) is 0 Å².